The summed E-state index contributed by atoms with van der Waals surface area (Å²) in [5, 5.41) is 18.0. The molecule has 1 aromatic heterocycles. The van der Waals surface area contributed by atoms with Gasteiger partial charge in [-0.2, -0.15) is 5.10 Å². The molecular formula is C13H17N5O3. The topological polar surface area (TPSA) is 108 Å². The van der Waals surface area contributed by atoms with Gasteiger partial charge in [-0.15, -0.1) is 0 Å². The Hall–Kier alpha value is -2.77. The third-order valence-electron chi connectivity index (χ3n) is 2.89. The first kappa shape index (κ1) is 14.6. The van der Waals surface area contributed by atoms with E-state index in [9.17, 15) is 10.1 Å². The SMILES string of the molecule is Cc1nn(C)c(NCCOc2cccc(N)c2)c1[N+](=O)[O-]. The van der Waals surface area contributed by atoms with Crippen molar-refractivity contribution < 1.29 is 9.66 Å². The first-order valence-electron chi connectivity index (χ1n) is 6.39. The van der Waals surface area contributed by atoms with Crippen molar-refractivity contribution in [3.05, 3.63) is 40.1 Å². The fraction of sp³-hybridized carbons (Fsp3) is 0.308. The van der Waals surface area contributed by atoms with Crippen LogP contribution in [0.15, 0.2) is 24.3 Å². The number of hydrogen-bond acceptors (Lipinski definition) is 6. The van der Waals surface area contributed by atoms with E-state index >= 15 is 0 Å². The van der Waals surface area contributed by atoms with Gasteiger partial charge in [-0.05, 0) is 19.1 Å². The smallest absolute Gasteiger partial charge is 0.333 e. The van der Waals surface area contributed by atoms with E-state index in [1.165, 1.54) is 4.68 Å². The zero-order chi connectivity index (χ0) is 15.4. The van der Waals surface area contributed by atoms with Gasteiger partial charge in [-0.1, -0.05) is 6.07 Å². The van der Waals surface area contributed by atoms with Crippen LogP contribution in [0, 0.1) is 17.0 Å². The number of nitrogens with two attached hydrogens (primary N) is 1. The molecule has 0 atom stereocenters. The average molecular weight is 291 g/mol. The Kier molecular flexibility index (Phi) is 4.27. The lowest BCUT2D eigenvalue weighted by Gasteiger charge is -2.08. The molecule has 0 spiro atoms. The number of ether oxygens (including phenoxy) is 1. The molecule has 0 aliphatic heterocycles. The summed E-state index contributed by atoms with van der Waals surface area (Å²) in [7, 11) is 1.65. The Balaban J connectivity index is 1.94. The van der Waals surface area contributed by atoms with E-state index in [-0.39, 0.29) is 5.69 Å². The molecule has 0 fully saturated rings. The molecule has 0 aliphatic carbocycles. The van der Waals surface area contributed by atoms with E-state index in [1.807, 2.05) is 0 Å². The lowest BCUT2D eigenvalue weighted by Crippen LogP contribution is -2.14. The molecule has 0 saturated carbocycles. The maximum Gasteiger partial charge on any atom is 0.333 e. The minimum absolute atomic E-state index is 0.0125. The number of hydrogen-bond donors (Lipinski definition) is 2. The van der Waals surface area contributed by atoms with Crippen molar-refractivity contribution in [3.63, 3.8) is 0 Å². The summed E-state index contributed by atoms with van der Waals surface area (Å²) in [4.78, 5) is 10.6. The molecule has 21 heavy (non-hydrogen) atoms. The van der Waals surface area contributed by atoms with Crippen LogP contribution < -0.4 is 15.8 Å². The molecule has 1 heterocycles. The summed E-state index contributed by atoms with van der Waals surface area (Å²) >= 11 is 0. The Morgan fingerprint density at radius 2 is 2.29 bits per heavy atom. The van der Waals surface area contributed by atoms with Gasteiger partial charge in [0.05, 0.1) is 11.5 Å². The maximum absolute atomic E-state index is 11.0. The number of nitrogen functional groups attached to an aromatic ring is 1. The van der Waals surface area contributed by atoms with E-state index in [1.54, 1.807) is 38.2 Å². The summed E-state index contributed by atoms with van der Waals surface area (Å²) in [5.41, 5.74) is 6.64. The van der Waals surface area contributed by atoms with Crippen molar-refractivity contribution in [1.82, 2.24) is 9.78 Å². The van der Waals surface area contributed by atoms with Gasteiger partial charge in [0.2, 0.25) is 5.82 Å². The molecule has 8 nitrogen and oxygen atoms in total. The highest BCUT2D eigenvalue weighted by Crippen LogP contribution is 2.26. The van der Waals surface area contributed by atoms with Crippen LogP contribution in [0.1, 0.15) is 5.69 Å². The molecule has 0 aliphatic rings. The van der Waals surface area contributed by atoms with Crippen LogP contribution in [-0.4, -0.2) is 27.9 Å². The van der Waals surface area contributed by atoms with Gasteiger partial charge in [0.15, 0.2) is 0 Å². The number of nitrogens with one attached hydrogen (secondary N) is 1. The molecule has 2 rings (SSSR count). The lowest BCUT2D eigenvalue weighted by atomic mass is 10.3. The second-order valence-electron chi connectivity index (χ2n) is 4.51. The van der Waals surface area contributed by atoms with Gasteiger partial charge in [0, 0.05) is 18.8 Å². The molecule has 2 aromatic rings. The number of aryl methyl sites for hydroxylation is 2. The van der Waals surface area contributed by atoms with Gasteiger partial charge in [0.25, 0.3) is 0 Å². The van der Waals surface area contributed by atoms with Crippen LogP contribution in [0.25, 0.3) is 0 Å². The molecule has 3 N–H and O–H groups in total. The molecule has 0 radical (unpaired) electrons. The summed E-state index contributed by atoms with van der Waals surface area (Å²) in [6, 6.07) is 7.09. The first-order valence-corrected chi connectivity index (χ1v) is 6.39. The molecule has 1 aromatic carbocycles. The van der Waals surface area contributed by atoms with Crippen LogP contribution >= 0.6 is 0 Å². The van der Waals surface area contributed by atoms with Gasteiger partial charge in [-0.3, -0.25) is 10.1 Å². The van der Waals surface area contributed by atoms with Gasteiger partial charge >= 0.3 is 5.69 Å². The monoisotopic (exact) mass is 291 g/mol. The lowest BCUT2D eigenvalue weighted by molar-refractivity contribution is -0.384. The van der Waals surface area contributed by atoms with Crippen molar-refractivity contribution in [2.24, 2.45) is 7.05 Å². The third-order valence-corrected chi connectivity index (χ3v) is 2.89. The second kappa shape index (κ2) is 6.12. The average Bonchev–Trinajstić information content (AvgIpc) is 2.69. The summed E-state index contributed by atoms with van der Waals surface area (Å²) in [6.07, 6.45) is 0. The van der Waals surface area contributed by atoms with E-state index in [4.69, 9.17) is 10.5 Å². The van der Waals surface area contributed by atoms with Crippen LogP contribution in [0.4, 0.5) is 17.2 Å². The standard InChI is InChI=1S/C13H17N5O3/c1-9-12(18(19)20)13(17(2)16-9)15-6-7-21-11-5-3-4-10(14)8-11/h3-5,8,15H,6-7,14H2,1-2H3. The van der Waals surface area contributed by atoms with Crippen LogP contribution in [-0.2, 0) is 7.05 Å². The van der Waals surface area contributed by atoms with Crippen LogP contribution in [0.2, 0.25) is 0 Å². The maximum atomic E-state index is 11.0. The van der Waals surface area contributed by atoms with E-state index < -0.39 is 4.92 Å². The summed E-state index contributed by atoms with van der Waals surface area (Å²) in [5.74, 6) is 1.03. The fourth-order valence-corrected chi connectivity index (χ4v) is 2.01. The normalized spacial score (nSPS) is 10.4. The van der Waals surface area contributed by atoms with Crippen molar-refractivity contribution >= 4 is 17.2 Å². The largest absolute Gasteiger partial charge is 0.492 e. The van der Waals surface area contributed by atoms with E-state index in [2.05, 4.69) is 10.4 Å². The Morgan fingerprint density at radius 1 is 1.52 bits per heavy atom. The minimum atomic E-state index is -0.441. The van der Waals surface area contributed by atoms with E-state index in [0.29, 0.717) is 36.1 Å². The molecule has 0 saturated heterocycles. The number of nitrogens with zero attached hydrogens (tertiary/aromatic N) is 3. The van der Waals surface area contributed by atoms with Crippen molar-refractivity contribution in [3.8, 4) is 5.75 Å². The fourth-order valence-electron chi connectivity index (χ4n) is 2.01. The Bertz CT molecular complexity index is 653. The van der Waals surface area contributed by atoms with Crippen LogP contribution in [0.5, 0.6) is 5.75 Å². The van der Waals surface area contributed by atoms with Crippen LogP contribution in [0.3, 0.4) is 0 Å². The first-order chi connectivity index (χ1) is 9.99. The number of anilines is 2. The highest BCUT2D eigenvalue weighted by Gasteiger charge is 2.23. The Morgan fingerprint density at radius 3 is 2.95 bits per heavy atom. The molecular weight excluding hydrogens is 274 g/mol. The zero-order valence-electron chi connectivity index (χ0n) is 11.9. The van der Waals surface area contributed by atoms with Crippen molar-refractivity contribution in [1.29, 1.82) is 0 Å². The quantitative estimate of drug-likeness (QED) is 0.363. The van der Waals surface area contributed by atoms with Crippen molar-refractivity contribution in [2.45, 2.75) is 6.92 Å². The second-order valence-corrected chi connectivity index (χ2v) is 4.51. The zero-order valence-corrected chi connectivity index (χ0v) is 11.9. The molecule has 8 heteroatoms. The van der Waals surface area contributed by atoms with Crippen molar-refractivity contribution in [2.75, 3.05) is 24.2 Å². The molecule has 0 amide bonds. The number of benzene rings is 1. The molecule has 112 valence electrons. The number of nitro groups is 1. The summed E-state index contributed by atoms with van der Waals surface area (Å²) in [6.45, 7) is 2.37. The molecule has 0 bridgehead atoms. The highest BCUT2D eigenvalue weighted by atomic mass is 16.6. The minimum Gasteiger partial charge on any atom is -0.492 e. The Labute approximate surface area is 121 Å². The van der Waals surface area contributed by atoms with Gasteiger partial charge in [-0.25, -0.2) is 4.68 Å². The highest BCUT2D eigenvalue weighted by molar-refractivity contribution is 5.59. The van der Waals surface area contributed by atoms with E-state index in [0.717, 1.165) is 0 Å². The third kappa shape index (κ3) is 3.41. The number of aromatic nitrogens is 2. The summed E-state index contributed by atoms with van der Waals surface area (Å²) < 4.78 is 6.97. The number of rotatable bonds is 6. The van der Waals surface area contributed by atoms with Gasteiger partial charge < -0.3 is 15.8 Å². The predicted octanol–water partition coefficient (Wildman–Crippen LogP) is 1.71. The van der Waals surface area contributed by atoms with Gasteiger partial charge in [0.1, 0.15) is 18.1 Å². The molecule has 0 unspecified atom stereocenters. The predicted molar refractivity (Wildman–Crippen MR) is 79.4 cm³/mol.